The molecule has 1 atom stereocenters. The van der Waals surface area contributed by atoms with Crippen molar-refractivity contribution in [1.29, 1.82) is 0 Å². The van der Waals surface area contributed by atoms with E-state index in [2.05, 4.69) is 15.6 Å². The lowest BCUT2D eigenvalue weighted by Crippen LogP contribution is -2.50. The van der Waals surface area contributed by atoms with Gasteiger partial charge in [0.2, 0.25) is 11.8 Å². The topological polar surface area (TPSA) is 112 Å². The molecular weight excluding hydrogens is 486 g/mol. The number of nitrogens with zero attached hydrogens (tertiary/aromatic N) is 4. The van der Waals surface area contributed by atoms with Crippen molar-refractivity contribution in [2.45, 2.75) is 51.9 Å². The van der Waals surface area contributed by atoms with Gasteiger partial charge in [0, 0.05) is 11.1 Å². The van der Waals surface area contributed by atoms with Crippen LogP contribution in [0.3, 0.4) is 0 Å². The molecule has 2 heterocycles. The summed E-state index contributed by atoms with van der Waals surface area (Å²) in [6.45, 7) is 5.77. The first-order chi connectivity index (χ1) is 18.3. The summed E-state index contributed by atoms with van der Waals surface area (Å²) in [5.74, 6) is 0.637. The van der Waals surface area contributed by atoms with E-state index in [4.69, 9.17) is 13.9 Å². The number of nitrogens with one attached hydrogen (secondary N) is 1. The first-order valence-corrected chi connectivity index (χ1v) is 12.4. The summed E-state index contributed by atoms with van der Waals surface area (Å²) in [7, 11) is 3.03. The third-order valence-corrected chi connectivity index (χ3v) is 6.57. The zero-order chi connectivity index (χ0) is 27.3. The Morgan fingerprint density at radius 1 is 1.08 bits per heavy atom. The second-order valence-corrected chi connectivity index (χ2v) is 9.55. The van der Waals surface area contributed by atoms with E-state index in [9.17, 15) is 9.59 Å². The number of benzene rings is 2. The molecule has 10 nitrogen and oxygen atoms in total. The van der Waals surface area contributed by atoms with Crippen LogP contribution in [-0.2, 0) is 22.7 Å². The minimum atomic E-state index is -1.06. The third-order valence-electron chi connectivity index (χ3n) is 6.57. The largest absolute Gasteiger partial charge is 0.493 e. The lowest BCUT2D eigenvalue weighted by Gasteiger charge is -2.35. The Balaban J connectivity index is 1.82. The van der Waals surface area contributed by atoms with E-state index in [1.807, 2.05) is 45.0 Å². The average molecular weight is 520 g/mol. The molecular formula is C28H33N5O5. The highest BCUT2D eigenvalue weighted by Gasteiger charge is 2.37. The first-order valence-electron chi connectivity index (χ1n) is 12.4. The molecule has 2 aromatic heterocycles. The number of hydrogen-bond acceptors (Lipinski definition) is 7. The van der Waals surface area contributed by atoms with Crippen molar-refractivity contribution in [3.8, 4) is 11.5 Å². The number of methoxy groups -OCH3 is 2. The molecule has 0 aliphatic rings. The molecule has 0 bridgehead atoms. The molecule has 0 saturated heterocycles. The van der Waals surface area contributed by atoms with Crippen molar-refractivity contribution < 1.29 is 23.5 Å². The number of furan rings is 1. The summed E-state index contributed by atoms with van der Waals surface area (Å²) in [4.78, 5) is 29.5. The van der Waals surface area contributed by atoms with Crippen LogP contribution in [0.1, 0.15) is 44.6 Å². The zero-order valence-corrected chi connectivity index (χ0v) is 22.3. The molecule has 200 valence electrons. The Morgan fingerprint density at radius 3 is 2.55 bits per heavy atom. The smallest absolute Gasteiger partial charge is 0.248 e. The predicted octanol–water partition coefficient (Wildman–Crippen LogP) is 4.12. The van der Waals surface area contributed by atoms with Crippen LogP contribution in [0.15, 0.2) is 65.3 Å². The van der Waals surface area contributed by atoms with Gasteiger partial charge in [0.15, 0.2) is 11.5 Å². The minimum absolute atomic E-state index is 0.0451. The molecule has 0 aliphatic carbocycles. The van der Waals surface area contributed by atoms with Crippen molar-refractivity contribution in [2.75, 3.05) is 14.2 Å². The van der Waals surface area contributed by atoms with Gasteiger partial charge in [-0.05, 0) is 50.6 Å². The van der Waals surface area contributed by atoms with Gasteiger partial charge in [0.05, 0.1) is 32.5 Å². The second-order valence-electron chi connectivity index (χ2n) is 9.55. The van der Waals surface area contributed by atoms with Gasteiger partial charge in [0.25, 0.3) is 0 Å². The maximum Gasteiger partial charge on any atom is 0.248 e. The van der Waals surface area contributed by atoms with Crippen molar-refractivity contribution in [1.82, 2.24) is 25.2 Å². The van der Waals surface area contributed by atoms with Crippen LogP contribution < -0.4 is 14.8 Å². The summed E-state index contributed by atoms with van der Waals surface area (Å²) in [5.41, 5.74) is 1.36. The number of hydrogen-bond donors (Lipinski definition) is 1. The Bertz CT molecular complexity index is 1400. The number of para-hydroxylation sites is 2. The van der Waals surface area contributed by atoms with Crippen LogP contribution in [0.2, 0.25) is 0 Å². The number of carbonyl (C=O) groups excluding carboxylic acids is 2. The van der Waals surface area contributed by atoms with E-state index in [1.165, 1.54) is 30.1 Å². The van der Waals surface area contributed by atoms with Gasteiger partial charge in [-0.15, -0.1) is 5.10 Å². The molecule has 2 aromatic carbocycles. The molecule has 0 aliphatic heterocycles. The van der Waals surface area contributed by atoms with Crippen LogP contribution in [-0.4, -0.2) is 51.5 Å². The quantitative estimate of drug-likeness (QED) is 0.317. The van der Waals surface area contributed by atoms with Gasteiger partial charge in [-0.3, -0.25) is 9.59 Å². The highest BCUT2D eigenvalue weighted by Crippen LogP contribution is 2.38. The minimum Gasteiger partial charge on any atom is -0.493 e. The fourth-order valence-corrected chi connectivity index (χ4v) is 4.22. The van der Waals surface area contributed by atoms with E-state index < -0.39 is 11.6 Å². The van der Waals surface area contributed by atoms with E-state index in [0.717, 1.165) is 0 Å². The number of aromatic nitrogens is 3. The molecule has 38 heavy (non-hydrogen) atoms. The van der Waals surface area contributed by atoms with E-state index in [-0.39, 0.29) is 24.9 Å². The number of carbonyl (C=O) groups is 2. The molecule has 0 unspecified atom stereocenters. The maximum atomic E-state index is 14.0. The van der Waals surface area contributed by atoms with E-state index in [0.29, 0.717) is 40.3 Å². The maximum absolute atomic E-state index is 14.0. The molecule has 0 fully saturated rings. The highest BCUT2D eigenvalue weighted by molar-refractivity contribution is 5.90. The van der Waals surface area contributed by atoms with Gasteiger partial charge < -0.3 is 24.1 Å². The molecule has 10 heteroatoms. The summed E-state index contributed by atoms with van der Waals surface area (Å²) in [6.07, 6.45) is 2.22. The molecule has 2 amide bonds. The van der Waals surface area contributed by atoms with Crippen LogP contribution in [0.4, 0.5) is 0 Å². The molecule has 0 radical (unpaired) electrons. The van der Waals surface area contributed by atoms with E-state index in [1.54, 1.807) is 30.3 Å². The fraction of sp³-hybridized carbons (Fsp3) is 0.357. The average Bonchev–Trinajstić information content (AvgIpc) is 3.58. The number of fused-ring (bicyclic) bond motifs is 1. The highest BCUT2D eigenvalue weighted by atomic mass is 16.5. The summed E-state index contributed by atoms with van der Waals surface area (Å²) < 4.78 is 18.3. The van der Waals surface area contributed by atoms with Crippen LogP contribution >= 0.6 is 0 Å². The Kier molecular flexibility index (Phi) is 7.99. The fourth-order valence-electron chi connectivity index (χ4n) is 4.22. The van der Waals surface area contributed by atoms with Crippen molar-refractivity contribution >= 4 is 22.8 Å². The van der Waals surface area contributed by atoms with Crippen LogP contribution in [0, 0.1) is 0 Å². The van der Waals surface area contributed by atoms with Crippen LogP contribution in [0.5, 0.6) is 11.5 Å². The third kappa shape index (κ3) is 5.64. The first kappa shape index (κ1) is 26.7. The lowest BCUT2D eigenvalue weighted by molar-refractivity contribution is -0.143. The van der Waals surface area contributed by atoms with Gasteiger partial charge >= 0.3 is 0 Å². The SMILES string of the molecule is CCC(C)(C)NC(=O)[C@@H](c1cccc(OC)c1OC)N(Cc1ccco1)C(=O)Cn1nnc2ccccc21. The van der Waals surface area contributed by atoms with Crippen molar-refractivity contribution in [2.24, 2.45) is 0 Å². The van der Waals surface area contributed by atoms with Gasteiger partial charge in [0.1, 0.15) is 23.9 Å². The Morgan fingerprint density at radius 2 is 1.87 bits per heavy atom. The number of amides is 2. The Labute approximate surface area is 221 Å². The lowest BCUT2D eigenvalue weighted by atomic mass is 9.97. The molecule has 4 aromatic rings. The van der Waals surface area contributed by atoms with Gasteiger partial charge in [-0.1, -0.05) is 36.4 Å². The molecule has 0 spiro atoms. The second kappa shape index (κ2) is 11.4. The summed E-state index contributed by atoms with van der Waals surface area (Å²) in [6, 6.07) is 15.1. The summed E-state index contributed by atoms with van der Waals surface area (Å²) in [5, 5.41) is 11.4. The number of rotatable bonds is 11. The van der Waals surface area contributed by atoms with Crippen molar-refractivity contribution in [3.05, 3.63) is 72.2 Å². The standard InChI is InChI=1S/C28H33N5O5/c1-6-28(2,3)29-27(35)25(20-12-9-15-23(36-4)26(20)37-5)32(17-19-11-10-16-38-19)24(34)18-33-22-14-8-7-13-21(22)30-31-33/h7-16,25H,6,17-18H2,1-5H3,(H,29,35)/t25-/m1/s1. The molecule has 1 N–H and O–H groups in total. The monoisotopic (exact) mass is 519 g/mol. The summed E-state index contributed by atoms with van der Waals surface area (Å²) >= 11 is 0. The normalized spacial score (nSPS) is 12.2. The van der Waals surface area contributed by atoms with Gasteiger partial charge in [-0.25, -0.2) is 4.68 Å². The number of ether oxygens (including phenoxy) is 2. The zero-order valence-electron chi connectivity index (χ0n) is 22.3. The van der Waals surface area contributed by atoms with Crippen molar-refractivity contribution in [3.63, 3.8) is 0 Å². The predicted molar refractivity (Wildman–Crippen MR) is 142 cm³/mol. The molecule has 0 saturated carbocycles. The van der Waals surface area contributed by atoms with Gasteiger partial charge in [-0.2, -0.15) is 0 Å². The van der Waals surface area contributed by atoms with Crippen LogP contribution in [0.25, 0.3) is 11.0 Å². The Hall–Kier alpha value is -4.34. The molecule has 4 rings (SSSR count). The van der Waals surface area contributed by atoms with E-state index >= 15 is 0 Å².